The SMILES string of the molecule is Cn1ccnc1[C@@H](NC(=O)CNc1ccc(C#N)cc1)c1ccc(Cl)cc1. The molecule has 0 spiro atoms. The van der Waals surface area contributed by atoms with Crippen LogP contribution in [-0.2, 0) is 11.8 Å². The molecule has 0 saturated carbocycles. The molecule has 0 bridgehead atoms. The third kappa shape index (κ3) is 4.66. The molecule has 0 fully saturated rings. The van der Waals surface area contributed by atoms with E-state index in [0.717, 1.165) is 17.1 Å². The van der Waals surface area contributed by atoms with Gasteiger partial charge in [-0.05, 0) is 42.0 Å². The van der Waals surface area contributed by atoms with E-state index in [4.69, 9.17) is 16.9 Å². The first kappa shape index (κ1) is 18.5. The number of nitriles is 1. The Bertz CT molecular complexity index is 957. The van der Waals surface area contributed by atoms with Crippen LogP contribution in [0.2, 0.25) is 5.02 Å². The van der Waals surface area contributed by atoms with Crippen LogP contribution in [0.4, 0.5) is 5.69 Å². The number of carbonyl (C=O) groups excluding carboxylic acids is 1. The number of nitrogens with zero attached hydrogens (tertiary/aromatic N) is 3. The number of hydrogen-bond donors (Lipinski definition) is 2. The average molecular weight is 380 g/mol. The van der Waals surface area contributed by atoms with Crippen molar-refractivity contribution >= 4 is 23.2 Å². The molecule has 0 radical (unpaired) electrons. The fourth-order valence-electron chi connectivity index (χ4n) is 2.66. The van der Waals surface area contributed by atoms with Crippen LogP contribution in [0.5, 0.6) is 0 Å². The van der Waals surface area contributed by atoms with Crippen LogP contribution in [-0.4, -0.2) is 22.0 Å². The highest BCUT2D eigenvalue weighted by atomic mass is 35.5. The molecular weight excluding hydrogens is 362 g/mol. The van der Waals surface area contributed by atoms with Crippen LogP contribution in [0.15, 0.2) is 60.9 Å². The number of aromatic nitrogens is 2. The Hall–Kier alpha value is -3.30. The monoisotopic (exact) mass is 379 g/mol. The van der Waals surface area contributed by atoms with Gasteiger partial charge >= 0.3 is 0 Å². The molecule has 0 aliphatic rings. The van der Waals surface area contributed by atoms with Gasteiger partial charge in [-0.15, -0.1) is 0 Å². The number of amides is 1. The molecule has 3 rings (SSSR count). The summed E-state index contributed by atoms with van der Waals surface area (Å²) in [5, 5.41) is 15.5. The van der Waals surface area contributed by atoms with Crippen LogP contribution < -0.4 is 10.6 Å². The summed E-state index contributed by atoms with van der Waals surface area (Å²) in [6.45, 7) is 0.0976. The van der Waals surface area contributed by atoms with Gasteiger partial charge in [0, 0.05) is 30.2 Å². The van der Waals surface area contributed by atoms with Crippen molar-refractivity contribution in [1.29, 1.82) is 5.26 Å². The van der Waals surface area contributed by atoms with E-state index in [2.05, 4.69) is 21.7 Å². The summed E-state index contributed by atoms with van der Waals surface area (Å²) >= 11 is 5.98. The topological polar surface area (TPSA) is 82.7 Å². The molecule has 7 heteroatoms. The van der Waals surface area contributed by atoms with Gasteiger partial charge in [0.15, 0.2) is 0 Å². The fraction of sp³-hybridized carbons (Fsp3) is 0.150. The predicted molar refractivity (Wildman–Crippen MR) is 104 cm³/mol. The van der Waals surface area contributed by atoms with E-state index in [9.17, 15) is 4.79 Å². The highest BCUT2D eigenvalue weighted by Gasteiger charge is 2.20. The summed E-state index contributed by atoms with van der Waals surface area (Å²) in [6, 6.07) is 15.9. The average Bonchev–Trinajstić information content (AvgIpc) is 3.11. The Balaban J connectivity index is 1.71. The Morgan fingerprint density at radius 3 is 2.52 bits per heavy atom. The van der Waals surface area contributed by atoms with Crippen LogP contribution in [0.1, 0.15) is 23.0 Å². The van der Waals surface area contributed by atoms with Gasteiger partial charge < -0.3 is 15.2 Å². The maximum absolute atomic E-state index is 12.5. The molecule has 2 N–H and O–H groups in total. The summed E-state index contributed by atoms with van der Waals surface area (Å²) in [5.41, 5.74) is 2.23. The van der Waals surface area contributed by atoms with Crippen molar-refractivity contribution in [3.63, 3.8) is 0 Å². The van der Waals surface area contributed by atoms with E-state index >= 15 is 0 Å². The Morgan fingerprint density at radius 2 is 1.93 bits per heavy atom. The van der Waals surface area contributed by atoms with E-state index in [0.29, 0.717) is 10.6 Å². The number of halogens is 1. The number of benzene rings is 2. The second kappa shape index (κ2) is 8.39. The lowest BCUT2D eigenvalue weighted by atomic mass is 10.1. The minimum atomic E-state index is -0.391. The van der Waals surface area contributed by atoms with Crippen LogP contribution in [0.25, 0.3) is 0 Å². The number of rotatable bonds is 6. The molecule has 3 aromatic rings. The summed E-state index contributed by atoms with van der Waals surface area (Å²) in [7, 11) is 1.88. The minimum absolute atomic E-state index is 0.0976. The first-order valence-corrected chi connectivity index (χ1v) is 8.70. The molecule has 0 aliphatic carbocycles. The molecule has 1 heterocycles. The van der Waals surface area contributed by atoms with Gasteiger partial charge in [-0.1, -0.05) is 23.7 Å². The molecule has 2 aromatic carbocycles. The molecule has 1 amide bonds. The molecule has 0 saturated heterocycles. The van der Waals surface area contributed by atoms with Gasteiger partial charge in [0.2, 0.25) is 5.91 Å². The second-order valence-corrected chi connectivity index (χ2v) is 6.43. The zero-order valence-electron chi connectivity index (χ0n) is 14.7. The van der Waals surface area contributed by atoms with Gasteiger partial charge in [0.1, 0.15) is 11.9 Å². The summed E-state index contributed by atoms with van der Waals surface area (Å²) < 4.78 is 1.87. The number of hydrogen-bond acceptors (Lipinski definition) is 4. The first-order chi connectivity index (χ1) is 13.1. The van der Waals surface area contributed by atoms with Gasteiger partial charge in [-0.2, -0.15) is 5.26 Å². The van der Waals surface area contributed by atoms with Gasteiger partial charge in [0.05, 0.1) is 18.2 Å². The van der Waals surface area contributed by atoms with Crippen molar-refractivity contribution in [2.75, 3.05) is 11.9 Å². The zero-order valence-corrected chi connectivity index (χ0v) is 15.4. The second-order valence-electron chi connectivity index (χ2n) is 5.99. The van der Waals surface area contributed by atoms with E-state index in [1.807, 2.05) is 29.9 Å². The molecule has 1 aromatic heterocycles. The van der Waals surface area contributed by atoms with E-state index < -0.39 is 6.04 Å². The summed E-state index contributed by atoms with van der Waals surface area (Å²) in [6.07, 6.45) is 3.53. The zero-order chi connectivity index (χ0) is 19.2. The smallest absolute Gasteiger partial charge is 0.240 e. The number of aryl methyl sites for hydroxylation is 1. The standard InChI is InChI=1S/C20H18ClN5O/c1-26-11-10-23-20(26)19(15-4-6-16(21)7-5-15)25-18(27)13-24-17-8-2-14(12-22)3-9-17/h2-11,19,24H,13H2,1H3,(H,25,27)/t19-/m0/s1. The third-order valence-corrected chi connectivity index (χ3v) is 4.34. The molecule has 1 atom stereocenters. The van der Waals surface area contributed by atoms with Crippen molar-refractivity contribution in [1.82, 2.24) is 14.9 Å². The maximum atomic E-state index is 12.5. The normalized spacial score (nSPS) is 11.4. The van der Waals surface area contributed by atoms with Gasteiger partial charge in [0.25, 0.3) is 0 Å². The highest BCUT2D eigenvalue weighted by Crippen LogP contribution is 2.22. The Labute approximate surface area is 162 Å². The molecule has 0 aliphatic heterocycles. The predicted octanol–water partition coefficient (Wildman–Crippen LogP) is 3.26. The van der Waals surface area contributed by atoms with E-state index in [1.54, 1.807) is 42.6 Å². The van der Waals surface area contributed by atoms with Crippen LogP contribution in [0, 0.1) is 11.3 Å². The van der Waals surface area contributed by atoms with Crippen molar-refractivity contribution in [3.8, 4) is 6.07 Å². The number of nitrogens with one attached hydrogen (secondary N) is 2. The van der Waals surface area contributed by atoms with Crippen molar-refractivity contribution < 1.29 is 4.79 Å². The van der Waals surface area contributed by atoms with Crippen LogP contribution in [0.3, 0.4) is 0 Å². The van der Waals surface area contributed by atoms with E-state index in [1.165, 1.54) is 0 Å². The number of carbonyl (C=O) groups is 1. The summed E-state index contributed by atoms with van der Waals surface area (Å²) in [5.74, 6) is 0.548. The lowest BCUT2D eigenvalue weighted by Gasteiger charge is -2.19. The largest absolute Gasteiger partial charge is 0.376 e. The first-order valence-electron chi connectivity index (χ1n) is 8.33. The molecular formula is C20H18ClN5O. The van der Waals surface area contributed by atoms with Crippen LogP contribution >= 0.6 is 11.6 Å². The molecule has 0 unspecified atom stereocenters. The maximum Gasteiger partial charge on any atom is 0.240 e. The summed E-state index contributed by atoms with van der Waals surface area (Å²) in [4.78, 5) is 16.9. The number of anilines is 1. The fourth-order valence-corrected chi connectivity index (χ4v) is 2.79. The highest BCUT2D eigenvalue weighted by molar-refractivity contribution is 6.30. The number of imidazole rings is 1. The van der Waals surface area contributed by atoms with Crippen molar-refractivity contribution in [3.05, 3.63) is 82.9 Å². The minimum Gasteiger partial charge on any atom is -0.376 e. The molecule has 136 valence electrons. The third-order valence-electron chi connectivity index (χ3n) is 4.09. The van der Waals surface area contributed by atoms with Gasteiger partial charge in [-0.3, -0.25) is 4.79 Å². The Morgan fingerprint density at radius 1 is 1.22 bits per heavy atom. The molecule has 6 nitrogen and oxygen atoms in total. The Kier molecular flexibility index (Phi) is 5.74. The van der Waals surface area contributed by atoms with E-state index in [-0.39, 0.29) is 12.5 Å². The quantitative estimate of drug-likeness (QED) is 0.688. The van der Waals surface area contributed by atoms with Gasteiger partial charge in [-0.25, -0.2) is 4.98 Å². The van der Waals surface area contributed by atoms with Crippen molar-refractivity contribution in [2.45, 2.75) is 6.04 Å². The van der Waals surface area contributed by atoms with Crippen molar-refractivity contribution in [2.24, 2.45) is 7.05 Å². The lowest BCUT2D eigenvalue weighted by Crippen LogP contribution is -2.35. The molecule has 27 heavy (non-hydrogen) atoms. The lowest BCUT2D eigenvalue weighted by molar-refractivity contribution is -0.119.